The van der Waals surface area contributed by atoms with Gasteiger partial charge in [-0.1, -0.05) is 36.4 Å². The van der Waals surface area contributed by atoms with Gasteiger partial charge in [0.25, 0.3) is 11.7 Å². The van der Waals surface area contributed by atoms with E-state index in [1.54, 1.807) is 47.4 Å². The number of ether oxygens (including phenoxy) is 2. The molecule has 4 rings (SSSR count). The topological polar surface area (TPSA) is 79.3 Å². The maximum atomic E-state index is 13.1. The minimum Gasteiger partial charge on any atom is -0.507 e. The molecule has 2 aliphatic rings. The first-order valence-corrected chi connectivity index (χ1v) is 11.6. The second kappa shape index (κ2) is 10.9. The molecular formula is C26H27ClN2O5. The molecule has 7 nitrogen and oxygen atoms in total. The number of hydrogen-bond acceptors (Lipinski definition) is 6. The van der Waals surface area contributed by atoms with Gasteiger partial charge in [0.05, 0.1) is 24.8 Å². The molecule has 1 N–H and O–H groups in total. The Hall–Kier alpha value is -3.13. The van der Waals surface area contributed by atoms with Crippen LogP contribution in [0.4, 0.5) is 0 Å². The molecule has 0 aromatic heterocycles. The normalized spacial score (nSPS) is 20.5. The number of aliphatic hydroxyl groups excluding tert-OH is 1. The van der Waals surface area contributed by atoms with Gasteiger partial charge >= 0.3 is 0 Å². The summed E-state index contributed by atoms with van der Waals surface area (Å²) in [5.74, 6) is -0.903. The number of likely N-dealkylation sites (tertiary alicyclic amines) is 1. The second-order valence-electron chi connectivity index (χ2n) is 8.12. The number of rotatable bonds is 8. The first kappa shape index (κ1) is 24.0. The van der Waals surface area contributed by atoms with E-state index in [0.717, 1.165) is 13.1 Å². The molecule has 2 aromatic rings. The number of Topliss-reactive ketones (excluding diaryl/α,β-unsaturated/α-hetero) is 1. The number of aliphatic hydroxyl groups is 1. The number of halogens is 1. The molecule has 0 bridgehead atoms. The lowest BCUT2D eigenvalue weighted by Gasteiger charge is -2.31. The van der Waals surface area contributed by atoms with Gasteiger partial charge in [-0.15, -0.1) is 0 Å². The van der Waals surface area contributed by atoms with Crippen molar-refractivity contribution in [1.29, 1.82) is 0 Å². The van der Waals surface area contributed by atoms with Crippen LogP contribution in [-0.4, -0.2) is 72.6 Å². The van der Waals surface area contributed by atoms with Crippen molar-refractivity contribution in [3.05, 3.63) is 82.9 Å². The van der Waals surface area contributed by atoms with Crippen molar-refractivity contribution in [2.24, 2.45) is 0 Å². The van der Waals surface area contributed by atoms with E-state index >= 15 is 0 Å². The standard InChI is InChI=1S/C26H27ClN2O5/c1-2-15-34-21-9-5-18(6-10-21)23-22(24(30)19-3-7-20(27)8-4-19)25(31)26(32)29(23)12-11-28-13-16-33-17-14-28/h2-10,23,30H,1,11-17H2/b24-22-. The van der Waals surface area contributed by atoms with Crippen LogP contribution in [0.25, 0.3) is 5.76 Å². The highest BCUT2D eigenvalue weighted by atomic mass is 35.5. The average molecular weight is 483 g/mol. The number of hydrogen-bond donors (Lipinski definition) is 1. The van der Waals surface area contributed by atoms with Crippen LogP contribution in [-0.2, 0) is 14.3 Å². The highest BCUT2D eigenvalue weighted by Crippen LogP contribution is 2.39. The average Bonchev–Trinajstić information content (AvgIpc) is 3.12. The predicted molar refractivity (Wildman–Crippen MR) is 130 cm³/mol. The number of carbonyl (C=O) groups excluding carboxylic acids is 2. The molecule has 0 spiro atoms. The van der Waals surface area contributed by atoms with Crippen LogP contribution in [0.1, 0.15) is 17.2 Å². The molecule has 1 amide bonds. The predicted octanol–water partition coefficient (Wildman–Crippen LogP) is 3.66. The summed E-state index contributed by atoms with van der Waals surface area (Å²) in [6, 6.07) is 13.0. The van der Waals surface area contributed by atoms with E-state index < -0.39 is 17.7 Å². The Bertz CT molecular complexity index is 1080. The fourth-order valence-corrected chi connectivity index (χ4v) is 4.32. The lowest BCUT2D eigenvalue weighted by atomic mass is 9.95. The van der Waals surface area contributed by atoms with Crippen LogP contribution in [0.5, 0.6) is 5.75 Å². The Morgan fingerprint density at radius 1 is 1.09 bits per heavy atom. The maximum absolute atomic E-state index is 13.1. The fourth-order valence-electron chi connectivity index (χ4n) is 4.20. The monoisotopic (exact) mass is 482 g/mol. The van der Waals surface area contributed by atoms with Gasteiger partial charge < -0.3 is 19.5 Å². The summed E-state index contributed by atoms with van der Waals surface area (Å²) in [6.45, 7) is 7.80. The molecule has 0 saturated carbocycles. The van der Waals surface area contributed by atoms with Crippen molar-refractivity contribution in [3.63, 3.8) is 0 Å². The third-order valence-corrected chi connectivity index (χ3v) is 6.23. The Labute approximate surface area is 203 Å². The minimum absolute atomic E-state index is 0.0639. The quantitative estimate of drug-likeness (QED) is 0.268. The zero-order valence-electron chi connectivity index (χ0n) is 18.8. The van der Waals surface area contributed by atoms with Crippen LogP contribution in [0.3, 0.4) is 0 Å². The second-order valence-corrected chi connectivity index (χ2v) is 8.56. The third-order valence-electron chi connectivity index (χ3n) is 5.98. The third kappa shape index (κ3) is 5.17. The van der Waals surface area contributed by atoms with Crippen LogP contribution in [0.2, 0.25) is 5.02 Å². The lowest BCUT2D eigenvalue weighted by molar-refractivity contribution is -0.140. The smallest absolute Gasteiger partial charge is 0.295 e. The SMILES string of the molecule is C=CCOc1ccc(C2/C(=C(/O)c3ccc(Cl)cc3)C(=O)C(=O)N2CCN2CCOCC2)cc1. The summed E-state index contributed by atoms with van der Waals surface area (Å²) < 4.78 is 11.0. The van der Waals surface area contributed by atoms with Gasteiger partial charge in [-0.25, -0.2) is 0 Å². The fraction of sp³-hybridized carbons (Fsp3) is 0.308. The maximum Gasteiger partial charge on any atom is 0.295 e. The minimum atomic E-state index is -0.717. The zero-order valence-corrected chi connectivity index (χ0v) is 19.5. The molecule has 1 atom stereocenters. The van der Waals surface area contributed by atoms with Gasteiger partial charge in [-0.3, -0.25) is 14.5 Å². The molecule has 2 fully saturated rings. The van der Waals surface area contributed by atoms with Crippen molar-refractivity contribution in [3.8, 4) is 5.75 Å². The van der Waals surface area contributed by atoms with Crippen LogP contribution >= 0.6 is 11.6 Å². The first-order chi connectivity index (χ1) is 16.5. The summed E-state index contributed by atoms with van der Waals surface area (Å²) in [5.41, 5.74) is 1.20. The number of nitrogens with zero attached hydrogens (tertiary/aromatic N) is 2. The largest absolute Gasteiger partial charge is 0.507 e. The van der Waals surface area contributed by atoms with Crippen molar-refractivity contribution >= 4 is 29.1 Å². The molecule has 34 heavy (non-hydrogen) atoms. The van der Waals surface area contributed by atoms with Crippen molar-refractivity contribution in [2.75, 3.05) is 46.0 Å². The van der Waals surface area contributed by atoms with E-state index in [2.05, 4.69) is 11.5 Å². The summed E-state index contributed by atoms with van der Waals surface area (Å²) in [4.78, 5) is 30.0. The molecule has 8 heteroatoms. The van der Waals surface area contributed by atoms with Crippen molar-refractivity contribution in [2.45, 2.75) is 6.04 Å². The first-order valence-electron chi connectivity index (χ1n) is 11.2. The van der Waals surface area contributed by atoms with E-state index in [0.29, 0.717) is 54.8 Å². The van der Waals surface area contributed by atoms with Crippen molar-refractivity contribution < 1.29 is 24.2 Å². The van der Waals surface area contributed by atoms with Crippen LogP contribution in [0, 0.1) is 0 Å². The number of ketones is 1. The lowest BCUT2D eigenvalue weighted by Crippen LogP contribution is -2.42. The molecule has 0 aliphatic carbocycles. The van der Waals surface area contributed by atoms with Gasteiger partial charge in [0, 0.05) is 36.8 Å². The molecule has 178 valence electrons. The highest BCUT2D eigenvalue weighted by molar-refractivity contribution is 6.46. The molecule has 2 aliphatic heterocycles. The van der Waals surface area contributed by atoms with Crippen LogP contribution in [0.15, 0.2) is 66.8 Å². The van der Waals surface area contributed by atoms with E-state index in [1.807, 2.05) is 12.1 Å². The van der Waals surface area contributed by atoms with Crippen LogP contribution < -0.4 is 4.74 Å². The number of morpholine rings is 1. The number of carbonyl (C=O) groups is 2. The summed E-state index contributed by atoms with van der Waals surface area (Å²) in [7, 11) is 0. The summed E-state index contributed by atoms with van der Waals surface area (Å²) in [5, 5.41) is 11.6. The molecule has 2 aromatic carbocycles. The zero-order chi connectivity index (χ0) is 24.1. The van der Waals surface area contributed by atoms with E-state index in [-0.39, 0.29) is 11.3 Å². The van der Waals surface area contributed by atoms with Gasteiger partial charge in [-0.05, 0) is 42.0 Å². The van der Waals surface area contributed by atoms with Gasteiger partial charge in [0.2, 0.25) is 0 Å². The summed E-state index contributed by atoms with van der Waals surface area (Å²) >= 11 is 5.98. The number of amides is 1. The van der Waals surface area contributed by atoms with Gasteiger partial charge in [0.1, 0.15) is 18.1 Å². The molecule has 0 radical (unpaired) electrons. The molecule has 1 unspecified atom stereocenters. The van der Waals surface area contributed by atoms with E-state index in [9.17, 15) is 14.7 Å². The molecular weight excluding hydrogens is 456 g/mol. The van der Waals surface area contributed by atoms with Gasteiger partial charge in [0.15, 0.2) is 0 Å². The summed E-state index contributed by atoms with van der Waals surface area (Å²) in [6.07, 6.45) is 1.65. The van der Waals surface area contributed by atoms with E-state index in [4.69, 9.17) is 21.1 Å². The Kier molecular flexibility index (Phi) is 7.67. The Morgan fingerprint density at radius 2 is 1.76 bits per heavy atom. The highest BCUT2D eigenvalue weighted by Gasteiger charge is 2.46. The Morgan fingerprint density at radius 3 is 2.41 bits per heavy atom. The number of benzene rings is 2. The van der Waals surface area contributed by atoms with Gasteiger partial charge in [-0.2, -0.15) is 0 Å². The Balaban J connectivity index is 1.70. The van der Waals surface area contributed by atoms with E-state index in [1.165, 1.54) is 0 Å². The molecule has 2 heterocycles. The van der Waals surface area contributed by atoms with Crippen molar-refractivity contribution in [1.82, 2.24) is 9.80 Å². The molecule has 2 saturated heterocycles.